The zero-order chi connectivity index (χ0) is 15.4. The van der Waals surface area contributed by atoms with Gasteiger partial charge in [0.2, 0.25) is 0 Å². The Kier molecular flexibility index (Phi) is 4.94. The predicted molar refractivity (Wildman–Crippen MR) is 82.2 cm³/mol. The van der Waals surface area contributed by atoms with E-state index in [1.54, 1.807) is 6.07 Å². The van der Waals surface area contributed by atoms with E-state index in [1.807, 2.05) is 31.2 Å². The van der Waals surface area contributed by atoms with Crippen molar-refractivity contribution in [1.82, 2.24) is 0 Å². The normalized spacial score (nSPS) is 11.8. The van der Waals surface area contributed by atoms with Gasteiger partial charge < -0.3 is 10.5 Å². The molecule has 0 radical (unpaired) electrons. The van der Waals surface area contributed by atoms with Crippen molar-refractivity contribution >= 4 is 15.9 Å². The maximum Gasteiger partial charge on any atom is 0.124 e. The van der Waals surface area contributed by atoms with Crippen molar-refractivity contribution in [3.05, 3.63) is 63.4 Å². The van der Waals surface area contributed by atoms with Gasteiger partial charge in [-0.25, -0.2) is 4.39 Å². The highest BCUT2D eigenvalue weighted by atomic mass is 79.9. The van der Waals surface area contributed by atoms with Gasteiger partial charge in [-0.1, -0.05) is 15.9 Å². The zero-order valence-electron chi connectivity index (χ0n) is 11.4. The largest absolute Gasteiger partial charge is 0.489 e. The molecule has 0 fully saturated rings. The lowest BCUT2D eigenvalue weighted by Crippen LogP contribution is -2.08. The van der Waals surface area contributed by atoms with Crippen LogP contribution in [0.25, 0.3) is 0 Å². The number of nitrogens with zero attached hydrogens (tertiary/aromatic N) is 1. The number of halogens is 2. The molecule has 3 nitrogen and oxygen atoms in total. The first-order valence-corrected chi connectivity index (χ1v) is 7.16. The highest BCUT2D eigenvalue weighted by Crippen LogP contribution is 2.28. The zero-order valence-corrected chi connectivity index (χ0v) is 13.0. The molecule has 0 aliphatic rings. The SMILES string of the molecule is CC(N)c1cc(Br)ccc1OCc1cc(F)cc(C#N)c1. The van der Waals surface area contributed by atoms with Crippen LogP contribution in [0, 0.1) is 17.1 Å². The highest BCUT2D eigenvalue weighted by Gasteiger charge is 2.10. The van der Waals surface area contributed by atoms with Crippen LogP contribution in [0.4, 0.5) is 4.39 Å². The Labute approximate surface area is 131 Å². The van der Waals surface area contributed by atoms with Crippen molar-refractivity contribution in [2.24, 2.45) is 5.73 Å². The summed E-state index contributed by atoms with van der Waals surface area (Å²) in [5, 5.41) is 8.84. The maximum absolute atomic E-state index is 13.4. The number of ether oxygens (including phenoxy) is 1. The van der Waals surface area contributed by atoms with Crippen LogP contribution in [0.15, 0.2) is 40.9 Å². The van der Waals surface area contributed by atoms with E-state index in [9.17, 15) is 4.39 Å². The summed E-state index contributed by atoms with van der Waals surface area (Å²) in [5.41, 5.74) is 7.66. The number of benzene rings is 2. The molecule has 0 aliphatic heterocycles. The highest BCUT2D eigenvalue weighted by molar-refractivity contribution is 9.10. The molecule has 0 heterocycles. The van der Waals surface area contributed by atoms with Gasteiger partial charge in [-0.2, -0.15) is 5.26 Å². The molecule has 2 aromatic carbocycles. The molecule has 1 atom stereocenters. The molecular formula is C16H14BrFN2O. The minimum atomic E-state index is -0.448. The number of hydrogen-bond acceptors (Lipinski definition) is 3. The number of rotatable bonds is 4. The molecule has 108 valence electrons. The van der Waals surface area contributed by atoms with Crippen molar-refractivity contribution < 1.29 is 9.13 Å². The van der Waals surface area contributed by atoms with Crippen LogP contribution in [0.5, 0.6) is 5.75 Å². The van der Waals surface area contributed by atoms with Crippen LogP contribution >= 0.6 is 15.9 Å². The lowest BCUT2D eigenvalue weighted by atomic mass is 10.1. The predicted octanol–water partition coefficient (Wildman–Crippen LogP) is 4.06. The second kappa shape index (κ2) is 6.70. The lowest BCUT2D eigenvalue weighted by molar-refractivity contribution is 0.301. The summed E-state index contributed by atoms with van der Waals surface area (Å²) >= 11 is 3.39. The first-order valence-electron chi connectivity index (χ1n) is 6.37. The minimum Gasteiger partial charge on any atom is -0.489 e. The topological polar surface area (TPSA) is 59.0 Å². The third-order valence-electron chi connectivity index (χ3n) is 2.94. The molecule has 21 heavy (non-hydrogen) atoms. The van der Waals surface area contributed by atoms with Gasteiger partial charge in [0.05, 0.1) is 11.6 Å². The van der Waals surface area contributed by atoms with E-state index in [1.165, 1.54) is 12.1 Å². The first kappa shape index (κ1) is 15.5. The van der Waals surface area contributed by atoms with Gasteiger partial charge in [-0.05, 0) is 48.9 Å². The van der Waals surface area contributed by atoms with Crippen molar-refractivity contribution in [3.8, 4) is 11.8 Å². The smallest absolute Gasteiger partial charge is 0.124 e. The molecule has 0 aromatic heterocycles. The second-order valence-corrected chi connectivity index (χ2v) is 5.64. The third-order valence-corrected chi connectivity index (χ3v) is 3.44. The summed E-state index contributed by atoms with van der Waals surface area (Å²) in [6.45, 7) is 2.04. The van der Waals surface area contributed by atoms with Gasteiger partial charge in [0.15, 0.2) is 0 Å². The van der Waals surface area contributed by atoms with Crippen LogP contribution in [0.1, 0.15) is 29.7 Å². The standard InChI is InChI=1S/C16H14BrFN2O/c1-10(20)15-7-13(17)2-3-16(15)21-9-12-4-11(8-19)5-14(18)6-12/h2-7,10H,9,20H2,1H3. The number of hydrogen-bond donors (Lipinski definition) is 1. The Bertz CT molecular complexity index is 695. The van der Waals surface area contributed by atoms with E-state index >= 15 is 0 Å². The van der Waals surface area contributed by atoms with E-state index in [-0.39, 0.29) is 18.2 Å². The average Bonchev–Trinajstić information content (AvgIpc) is 2.45. The molecule has 2 rings (SSSR count). The Morgan fingerprint density at radius 1 is 1.33 bits per heavy atom. The molecule has 0 amide bonds. The summed E-state index contributed by atoms with van der Waals surface area (Å²) in [5.74, 6) is 0.201. The molecule has 0 bridgehead atoms. The Morgan fingerprint density at radius 3 is 2.76 bits per heavy atom. The lowest BCUT2D eigenvalue weighted by Gasteiger charge is -2.14. The Morgan fingerprint density at radius 2 is 2.10 bits per heavy atom. The van der Waals surface area contributed by atoms with E-state index in [4.69, 9.17) is 15.7 Å². The van der Waals surface area contributed by atoms with E-state index in [2.05, 4.69) is 15.9 Å². The summed E-state index contributed by atoms with van der Waals surface area (Å²) in [7, 11) is 0. The van der Waals surface area contributed by atoms with E-state index < -0.39 is 5.82 Å². The van der Waals surface area contributed by atoms with E-state index in [0.717, 1.165) is 10.0 Å². The van der Waals surface area contributed by atoms with Crippen LogP contribution in [0.3, 0.4) is 0 Å². The average molecular weight is 349 g/mol. The van der Waals surface area contributed by atoms with Crippen LogP contribution in [0.2, 0.25) is 0 Å². The van der Waals surface area contributed by atoms with Crippen LogP contribution in [-0.4, -0.2) is 0 Å². The fourth-order valence-corrected chi connectivity index (χ4v) is 2.34. The Balaban J connectivity index is 2.21. The summed E-state index contributed by atoms with van der Waals surface area (Å²) < 4.78 is 20.0. The molecule has 0 aliphatic carbocycles. The molecule has 0 saturated carbocycles. The van der Waals surface area contributed by atoms with Crippen molar-refractivity contribution in [1.29, 1.82) is 5.26 Å². The van der Waals surface area contributed by atoms with Gasteiger partial charge in [0, 0.05) is 16.1 Å². The number of nitrogens with two attached hydrogens (primary N) is 1. The van der Waals surface area contributed by atoms with Crippen molar-refractivity contribution in [2.45, 2.75) is 19.6 Å². The van der Waals surface area contributed by atoms with E-state index in [0.29, 0.717) is 11.3 Å². The van der Waals surface area contributed by atoms with Gasteiger partial charge in [-0.3, -0.25) is 0 Å². The van der Waals surface area contributed by atoms with Gasteiger partial charge >= 0.3 is 0 Å². The van der Waals surface area contributed by atoms with Crippen molar-refractivity contribution in [2.75, 3.05) is 0 Å². The minimum absolute atomic E-state index is 0.174. The summed E-state index contributed by atoms with van der Waals surface area (Å²) in [6, 6.07) is 11.5. The molecule has 5 heteroatoms. The Hall–Kier alpha value is -1.90. The monoisotopic (exact) mass is 348 g/mol. The third kappa shape index (κ3) is 4.03. The number of nitriles is 1. The quantitative estimate of drug-likeness (QED) is 0.906. The summed E-state index contributed by atoms with van der Waals surface area (Å²) in [6.07, 6.45) is 0. The maximum atomic E-state index is 13.4. The molecule has 0 saturated heterocycles. The fraction of sp³-hybridized carbons (Fsp3) is 0.188. The fourth-order valence-electron chi connectivity index (χ4n) is 1.97. The van der Waals surface area contributed by atoms with Gasteiger partial charge in [0.25, 0.3) is 0 Å². The molecular weight excluding hydrogens is 335 g/mol. The summed E-state index contributed by atoms with van der Waals surface area (Å²) in [4.78, 5) is 0. The van der Waals surface area contributed by atoms with Crippen LogP contribution in [-0.2, 0) is 6.61 Å². The first-order chi connectivity index (χ1) is 9.99. The van der Waals surface area contributed by atoms with Crippen molar-refractivity contribution in [3.63, 3.8) is 0 Å². The van der Waals surface area contributed by atoms with Gasteiger partial charge in [0.1, 0.15) is 18.2 Å². The van der Waals surface area contributed by atoms with Crippen LogP contribution < -0.4 is 10.5 Å². The van der Waals surface area contributed by atoms with Gasteiger partial charge in [-0.15, -0.1) is 0 Å². The molecule has 0 spiro atoms. The second-order valence-electron chi connectivity index (χ2n) is 4.72. The molecule has 2 aromatic rings. The molecule has 2 N–H and O–H groups in total. The molecule has 1 unspecified atom stereocenters.